The predicted molar refractivity (Wildman–Crippen MR) is 106 cm³/mol. The standard InChI is InChI=1S/C23H41NO2/c1-15(24(4)5)26-21-14-17(25)13-16-8-9-18-19-7-6-11-22(19,2)12-10-20(18)23(16,21)3/h15-21,25H,6-14H2,1-5H3/t15?,16-,17-,18-,19-,20-,21?,22-,23-/m0/s1. The van der Waals surface area contributed by atoms with Crippen LogP contribution in [0.25, 0.3) is 0 Å². The molecule has 0 heterocycles. The lowest BCUT2D eigenvalue weighted by molar-refractivity contribution is -0.220. The van der Waals surface area contributed by atoms with Crippen LogP contribution in [0.3, 0.4) is 0 Å². The van der Waals surface area contributed by atoms with Crippen LogP contribution in [-0.2, 0) is 4.74 Å². The van der Waals surface area contributed by atoms with Crippen LogP contribution < -0.4 is 0 Å². The summed E-state index contributed by atoms with van der Waals surface area (Å²) < 4.78 is 6.65. The summed E-state index contributed by atoms with van der Waals surface area (Å²) in [4.78, 5) is 2.16. The zero-order valence-electron chi connectivity index (χ0n) is 17.7. The fourth-order valence-corrected chi connectivity index (χ4v) is 7.82. The Morgan fingerprint density at radius 2 is 1.77 bits per heavy atom. The molecule has 0 saturated heterocycles. The van der Waals surface area contributed by atoms with Crippen molar-refractivity contribution in [1.29, 1.82) is 0 Å². The number of aliphatic hydroxyl groups excluding tert-OH is 1. The highest BCUT2D eigenvalue weighted by Crippen LogP contribution is 2.66. The summed E-state index contributed by atoms with van der Waals surface area (Å²) in [7, 11) is 4.19. The maximum atomic E-state index is 10.6. The Hall–Kier alpha value is -0.120. The van der Waals surface area contributed by atoms with E-state index in [-0.39, 0.29) is 23.9 Å². The van der Waals surface area contributed by atoms with E-state index in [2.05, 4.69) is 39.8 Å². The van der Waals surface area contributed by atoms with Gasteiger partial charge in [0, 0.05) is 6.42 Å². The van der Waals surface area contributed by atoms with Crippen molar-refractivity contribution in [2.75, 3.05) is 14.1 Å². The molecule has 0 aromatic heterocycles. The maximum Gasteiger partial charge on any atom is 0.107 e. The van der Waals surface area contributed by atoms with Gasteiger partial charge in [0.05, 0.1) is 12.2 Å². The first-order valence-electron chi connectivity index (χ1n) is 11.3. The van der Waals surface area contributed by atoms with E-state index in [0.29, 0.717) is 11.3 Å². The van der Waals surface area contributed by atoms with Gasteiger partial charge < -0.3 is 9.84 Å². The van der Waals surface area contributed by atoms with Crippen LogP contribution >= 0.6 is 0 Å². The first kappa shape index (κ1) is 19.2. The van der Waals surface area contributed by atoms with E-state index in [0.717, 1.165) is 30.6 Å². The maximum absolute atomic E-state index is 10.6. The number of nitrogens with zero attached hydrogens (tertiary/aromatic N) is 1. The Balaban J connectivity index is 1.63. The molecule has 4 rings (SSSR count). The van der Waals surface area contributed by atoms with E-state index in [1.54, 1.807) is 0 Å². The molecule has 4 fully saturated rings. The largest absolute Gasteiger partial charge is 0.393 e. The van der Waals surface area contributed by atoms with E-state index in [4.69, 9.17) is 4.74 Å². The monoisotopic (exact) mass is 363 g/mol. The highest BCUT2D eigenvalue weighted by atomic mass is 16.5. The van der Waals surface area contributed by atoms with Crippen LogP contribution in [0.4, 0.5) is 0 Å². The summed E-state index contributed by atoms with van der Waals surface area (Å²) in [6, 6.07) is 0. The van der Waals surface area contributed by atoms with Gasteiger partial charge in [0.15, 0.2) is 0 Å². The molecule has 0 aromatic rings. The van der Waals surface area contributed by atoms with Gasteiger partial charge in [-0.2, -0.15) is 0 Å². The smallest absolute Gasteiger partial charge is 0.107 e. The predicted octanol–water partition coefficient (Wildman–Crippen LogP) is 4.68. The zero-order chi connectivity index (χ0) is 18.7. The molecule has 0 spiro atoms. The van der Waals surface area contributed by atoms with Crippen LogP contribution in [0.2, 0.25) is 0 Å². The molecule has 2 unspecified atom stereocenters. The fraction of sp³-hybridized carbons (Fsp3) is 1.00. The molecule has 26 heavy (non-hydrogen) atoms. The quantitative estimate of drug-likeness (QED) is 0.739. The Kier molecular flexibility index (Phi) is 4.98. The molecule has 0 aliphatic heterocycles. The molecule has 4 saturated carbocycles. The van der Waals surface area contributed by atoms with Crippen molar-refractivity contribution in [3.8, 4) is 0 Å². The lowest BCUT2D eigenvalue weighted by Gasteiger charge is -2.62. The Morgan fingerprint density at radius 1 is 1.00 bits per heavy atom. The van der Waals surface area contributed by atoms with Gasteiger partial charge in [0.25, 0.3) is 0 Å². The van der Waals surface area contributed by atoms with E-state index in [1.165, 1.54) is 44.9 Å². The van der Waals surface area contributed by atoms with Crippen molar-refractivity contribution in [3.05, 3.63) is 0 Å². The lowest BCUT2D eigenvalue weighted by Crippen LogP contribution is -2.60. The van der Waals surface area contributed by atoms with Gasteiger partial charge in [0.1, 0.15) is 6.23 Å². The third kappa shape index (κ3) is 2.88. The third-order valence-electron chi connectivity index (χ3n) is 9.57. The topological polar surface area (TPSA) is 32.7 Å². The van der Waals surface area contributed by atoms with Crippen molar-refractivity contribution in [3.63, 3.8) is 0 Å². The highest BCUT2D eigenvalue weighted by Gasteiger charge is 2.61. The molecular formula is C23H41NO2. The van der Waals surface area contributed by atoms with Gasteiger partial charge in [-0.3, -0.25) is 4.90 Å². The van der Waals surface area contributed by atoms with Crippen molar-refractivity contribution < 1.29 is 9.84 Å². The Morgan fingerprint density at radius 3 is 2.50 bits per heavy atom. The van der Waals surface area contributed by atoms with Gasteiger partial charge in [-0.1, -0.05) is 20.3 Å². The average Bonchev–Trinajstić information content (AvgIpc) is 2.97. The summed E-state index contributed by atoms with van der Waals surface area (Å²) >= 11 is 0. The minimum atomic E-state index is -0.177. The number of hydrogen-bond acceptors (Lipinski definition) is 3. The molecule has 1 N–H and O–H groups in total. The van der Waals surface area contributed by atoms with Gasteiger partial charge in [-0.25, -0.2) is 0 Å². The fourth-order valence-electron chi connectivity index (χ4n) is 7.82. The van der Waals surface area contributed by atoms with Crippen LogP contribution in [0.15, 0.2) is 0 Å². The van der Waals surface area contributed by atoms with E-state index < -0.39 is 0 Å². The SMILES string of the molecule is CC(OC1C[C@@H](O)C[C@@H]2CC[C@H]3[C@@H]4CCC[C@@]4(C)CC[C@@H]3[C@@]12C)N(C)C. The molecule has 9 atom stereocenters. The summed E-state index contributed by atoms with van der Waals surface area (Å²) in [6.45, 7) is 7.29. The molecule has 0 aromatic carbocycles. The molecule has 0 amide bonds. The second kappa shape index (κ2) is 6.74. The van der Waals surface area contributed by atoms with E-state index in [9.17, 15) is 5.11 Å². The summed E-state index contributed by atoms with van der Waals surface area (Å²) in [5.74, 6) is 3.27. The minimum Gasteiger partial charge on any atom is -0.393 e. The van der Waals surface area contributed by atoms with Crippen LogP contribution in [-0.4, -0.2) is 42.5 Å². The van der Waals surface area contributed by atoms with Crippen molar-refractivity contribution in [2.24, 2.45) is 34.5 Å². The van der Waals surface area contributed by atoms with Crippen molar-refractivity contribution >= 4 is 0 Å². The highest BCUT2D eigenvalue weighted by molar-refractivity contribution is 5.10. The molecule has 3 nitrogen and oxygen atoms in total. The molecule has 0 bridgehead atoms. The number of rotatable bonds is 3. The van der Waals surface area contributed by atoms with Gasteiger partial charge >= 0.3 is 0 Å². The van der Waals surface area contributed by atoms with Gasteiger partial charge in [0.2, 0.25) is 0 Å². The first-order valence-corrected chi connectivity index (χ1v) is 11.3. The molecule has 150 valence electrons. The van der Waals surface area contributed by atoms with Crippen molar-refractivity contribution in [1.82, 2.24) is 4.90 Å². The average molecular weight is 364 g/mol. The van der Waals surface area contributed by atoms with Gasteiger partial charge in [-0.05, 0) is 100 Å². The molecular weight excluding hydrogens is 322 g/mol. The van der Waals surface area contributed by atoms with Crippen LogP contribution in [0, 0.1) is 34.5 Å². The first-order chi connectivity index (χ1) is 12.3. The van der Waals surface area contributed by atoms with Crippen LogP contribution in [0.1, 0.15) is 78.6 Å². The second-order valence-corrected chi connectivity index (χ2v) is 10.9. The lowest BCUT2D eigenvalue weighted by atomic mass is 9.44. The Bertz CT molecular complexity index is 522. The summed E-state index contributed by atoms with van der Waals surface area (Å²) in [5.41, 5.74) is 0.863. The summed E-state index contributed by atoms with van der Waals surface area (Å²) in [6.07, 6.45) is 11.8. The third-order valence-corrected chi connectivity index (χ3v) is 9.57. The zero-order valence-corrected chi connectivity index (χ0v) is 17.7. The number of hydrogen-bond donors (Lipinski definition) is 1. The van der Waals surface area contributed by atoms with Crippen LogP contribution in [0.5, 0.6) is 0 Å². The number of ether oxygens (including phenoxy) is 1. The van der Waals surface area contributed by atoms with Gasteiger partial charge in [-0.15, -0.1) is 0 Å². The Labute approximate surface area is 160 Å². The molecule has 4 aliphatic rings. The minimum absolute atomic E-state index is 0.114. The molecule has 0 radical (unpaired) electrons. The summed E-state index contributed by atoms with van der Waals surface area (Å²) in [5, 5.41) is 10.6. The molecule has 3 heteroatoms. The normalized spacial score (nSPS) is 52.3. The van der Waals surface area contributed by atoms with Crippen molar-refractivity contribution in [2.45, 2.75) is 97.0 Å². The van der Waals surface area contributed by atoms with E-state index in [1.807, 2.05) is 0 Å². The molecule has 4 aliphatic carbocycles. The number of aliphatic hydroxyl groups is 1. The number of fused-ring (bicyclic) bond motifs is 5. The van der Waals surface area contributed by atoms with E-state index >= 15 is 0 Å². The second-order valence-electron chi connectivity index (χ2n) is 10.9.